The Hall–Kier alpha value is -12.5. The summed E-state index contributed by atoms with van der Waals surface area (Å²) in [6.45, 7) is 0. The van der Waals surface area contributed by atoms with Crippen LogP contribution in [0.1, 0.15) is 0 Å². The molecule has 0 amide bonds. The Morgan fingerprint density at radius 1 is 0.194 bits per heavy atom. The van der Waals surface area contributed by atoms with Gasteiger partial charge in [0.2, 0.25) is 0 Å². The smallest absolute Gasteiger partial charge is 0.0602 e. The van der Waals surface area contributed by atoms with Gasteiger partial charge in [-0.3, -0.25) is 0 Å². The fraction of sp³-hybridized carbons (Fsp3) is 0. The third-order valence-electron chi connectivity index (χ3n) is 20.3. The summed E-state index contributed by atoms with van der Waals surface area (Å²) in [4.78, 5) is 9.98. The summed E-state index contributed by atoms with van der Waals surface area (Å²) < 4.78 is 11.8. The van der Waals surface area contributed by atoms with Crippen molar-refractivity contribution < 1.29 is 0 Å². The van der Waals surface area contributed by atoms with Crippen molar-refractivity contribution in [2.45, 2.75) is 0 Å². The second kappa shape index (κ2) is 22.6. The second-order valence-electron chi connectivity index (χ2n) is 25.6. The van der Waals surface area contributed by atoms with E-state index in [1.807, 2.05) is 0 Å². The van der Waals surface area contributed by atoms with E-state index in [1.54, 1.807) is 0 Å². The number of benzene rings is 15. The van der Waals surface area contributed by atoms with E-state index < -0.39 is 16.2 Å². The summed E-state index contributed by atoms with van der Waals surface area (Å²) >= 11 is -3.24. The van der Waals surface area contributed by atoms with Gasteiger partial charge in [-0.2, -0.15) is 0 Å². The normalized spacial score (nSPS) is 12.4. The summed E-state index contributed by atoms with van der Waals surface area (Å²) in [5.41, 5.74) is 23.8. The van der Waals surface area contributed by atoms with Crippen LogP contribution in [0.2, 0.25) is 0 Å². The Balaban J connectivity index is 0.897. The number of para-hydroxylation sites is 10. The molecule has 0 saturated carbocycles. The number of anilines is 12. The molecule has 2 aliphatic rings. The molecule has 0 radical (unpaired) electrons. The van der Waals surface area contributed by atoms with Crippen molar-refractivity contribution in [2.75, 3.05) is 19.6 Å². The Kier molecular flexibility index (Phi) is 12.9. The number of aromatic nitrogens is 3. The molecule has 7 nitrogen and oxygen atoms in total. The topological polar surface area (TPSA) is 27.8 Å². The number of fused-ring (bicyclic) bond motifs is 13. The van der Waals surface area contributed by atoms with Crippen molar-refractivity contribution >= 4 is 162 Å². The van der Waals surface area contributed by atoms with Crippen molar-refractivity contribution in [3.63, 3.8) is 0 Å². The molecule has 15 aromatic carbocycles. The third-order valence-corrected chi connectivity index (χ3v) is 27.4. The zero-order chi connectivity index (χ0) is 64.4. The van der Waals surface area contributed by atoms with Crippen molar-refractivity contribution in [1.82, 2.24) is 13.7 Å². The predicted octanol–water partition coefficient (Wildman–Crippen LogP) is 22.0. The molecule has 98 heavy (non-hydrogen) atoms. The average molecular weight is 1310 g/mol. The van der Waals surface area contributed by atoms with E-state index in [-0.39, 0.29) is 0 Å². The molecule has 3 aromatic heterocycles. The van der Waals surface area contributed by atoms with Crippen LogP contribution >= 0.6 is 0 Å². The van der Waals surface area contributed by atoms with Crippen LogP contribution in [0.4, 0.5) is 68.2 Å². The first kappa shape index (κ1) is 55.9. The van der Waals surface area contributed by atoms with E-state index in [0.717, 1.165) is 84.4 Å². The summed E-state index contributed by atoms with van der Waals surface area (Å²) in [6.07, 6.45) is 0. The first-order valence-electron chi connectivity index (χ1n) is 33.7. The maximum atomic E-state index is 2.61. The van der Waals surface area contributed by atoms with Crippen molar-refractivity contribution in [3.05, 3.63) is 364 Å². The second-order valence-corrected chi connectivity index (χ2v) is 31.3. The summed E-state index contributed by atoms with van der Waals surface area (Å²) in [5.74, 6) is 0. The maximum absolute atomic E-state index is 3.24. The Morgan fingerprint density at radius 2 is 0.480 bits per heavy atom. The molecule has 0 atom stereocenters. The molecule has 0 N–H and O–H groups in total. The quantitative estimate of drug-likeness (QED) is 0.121. The van der Waals surface area contributed by atoms with Crippen LogP contribution in [0, 0.1) is 0 Å². The SMILES string of the molecule is c1ccc(N(c2ccccc2)c2ccc3c(c2)c2cc(N(c4ccccc4)c4ccccc4)ccc2n3-c2cc3[c]4c(c2)N(c2ccccc2)c2cc(-n5c6ccccc6c6ccccc65)cc[c]2[Ga]4[c]2ccc(-n4c5ccccc5c5ccccc54)cc2N3c2ccccc2)cc1. The molecule has 5 heterocycles. The minimum absolute atomic E-state index is 1.07. The first-order chi connectivity index (χ1) is 48.7. The Labute approximate surface area is 572 Å². The van der Waals surface area contributed by atoms with Gasteiger partial charge in [0, 0.05) is 0 Å². The van der Waals surface area contributed by atoms with Crippen LogP contribution in [0.15, 0.2) is 364 Å². The van der Waals surface area contributed by atoms with E-state index in [2.05, 4.69) is 397 Å². The number of hydrogen-bond acceptors (Lipinski definition) is 4. The molecule has 458 valence electrons. The fourth-order valence-corrected chi connectivity index (χ4v) is 23.7. The minimum atomic E-state index is -3.24. The molecule has 0 bridgehead atoms. The van der Waals surface area contributed by atoms with E-state index in [4.69, 9.17) is 0 Å². The zero-order valence-corrected chi connectivity index (χ0v) is 55.8. The van der Waals surface area contributed by atoms with Gasteiger partial charge in [0.1, 0.15) is 0 Å². The number of rotatable bonds is 11. The molecule has 0 saturated heterocycles. The van der Waals surface area contributed by atoms with Gasteiger partial charge in [0.15, 0.2) is 0 Å². The van der Waals surface area contributed by atoms with Gasteiger partial charge in [0.05, 0.1) is 0 Å². The summed E-state index contributed by atoms with van der Waals surface area (Å²) in [6, 6.07) is 135. The van der Waals surface area contributed by atoms with Gasteiger partial charge in [-0.15, -0.1) is 0 Å². The van der Waals surface area contributed by atoms with Crippen LogP contribution < -0.4 is 32.0 Å². The predicted molar refractivity (Wildman–Crippen MR) is 413 cm³/mol. The fourth-order valence-electron chi connectivity index (χ4n) is 16.2. The summed E-state index contributed by atoms with van der Waals surface area (Å²) in [5, 5.41) is 7.24. The van der Waals surface area contributed by atoms with Gasteiger partial charge >= 0.3 is 504 Å². The van der Waals surface area contributed by atoms with Crippen LogP contribution in [0.5, 0.6) is 0 Å². The molecule has 8 heteroatoms. The van der Waals surface area contributed by atoms with Crippen LogP contribution in [-0.4, -0.2) is 29.9 Å². The van der Waals surface area contributed by atoms with Crippen LogP contribution in [-0.2, 0) is 0 Å². The molecule has 0 unspecified atom stereocenters. The molecule has 2 aliphatic heterocycles. The average Bonchev–Trinajstić information content (AvgIpc) is 0.784. The first-order valence-corrected chi connectivity index (χ1v) is 37.3. The van der Waals surface area contributed by atoms with Crippen molar-refractivity contribution in [1.29, 1.82) is 0 Å². The molecule has 0 spiro atoms. The monoisotopic (exact) mass is 1310 g/mol. The van der Waals surface area contributed by atoms with Gasteiger partial charge in [0.25, 0.3) is 0 Å². The van der Waals surface area contributed by atoms with E-state index in [1.165, 1.54) is 78.7 Å². The van der Waals surface area contributed by atoms with Gasteiger partial charge < -0.3 is 0 Å². The number of hydrogen-bond donors (Lipinski definition) is 0. The third kappa shape index (κ3) is 8.71. The van der Waals surface area contributed by atoms with Gasteiger partial charge in [-0.1, -0.05) is 72.8 Å². The van der Waals surface area contributed by atoms with Gasteiger partial charge in [-0.25, -0.2) is 0 Å². The molecule has 18 aromatic rings. The standard InChI is InChI=1S/C90H60N7.Ga/c1-7-29-64(30-8-1)91(65-31-9-2-10-32-65)74-53-55-89-83(62-74)84-63-75(92(66-33-11-3-12-34-66)67-35-13-4-14-36-67)54-56-90(84)97(89)78-60-76(93(68-37-15-5-16-38-68)70-41-27-43-72(57-70)95-85-49-23-19-45-79(85)80-46-20-24-50-86(80)95)59-77(61-78)94(69-39-17-6-18-40-69)71-42-28-44-73(58-71)96-87-51-25-21-47-81(87)82-48-22-26-52-88(82)96;/h1-40,43-58,60-63H;. The van der Waals surface area contributed by atoms with Crippen molar-refractivity contribution in [3.8, 4) is 17.1 Å². The number of nitrogens with zero attached hydrogens (tertiary/aromatic N) is 7. The minimum Gasteiger partial charge on any atom is -0.0602 e. The molecule has 20 rings (SSSR count). The van der Waals surface area contributed by atoms with Crippen LogP contribution in [0.3, 0.4) is 0 Å². The summed E-state index contributed by atoms with van der Waals surface area (Å²) in [7, 11) is 0. The Morgan fingerprint density at radius 3 is 0.827 bits per heavy atom. The van der Waals surface area contributed by atoms with Crippen LogP contribution in [0.25, 0.3) is 82.5 Å². The Bertz CT molecular complexity index is 5590. The molecule has 0 aliphatic carbocycles. The molecular weight excluding hydrogens is 1250 g/mol. The van der Waals surface area contributed by atoms with E-state index in [0.29, 0.717) is 0 Å². The van der Waals surface area contributed by atoms with E-state index >= 15 is 0 Å². The molecule has 0 fully saturated rings. The zero-order valence-electron chi connectivity index (χ0n) is 53.3. The van der Waals surface area contributed by atoms with Gasteiger partial charge in [-0.05, 0) is 0 Å². The molecular formula is C90H60GaN7. The van der Waals surface area contributed by atoms with E-state index in [9.17, 15) is 0 Å². The van der Waals surface area contributed by atoms with Crippen molar-refractivity contribution in [2.24, 2.45) is 0 Å².